The van der Waals surface area contributed by atoms with Gasteiger partial charge in [-0.1, -0.05) is 27.7 Å². The molecular formula is C16H35N2O+. The SMILES string of the molecule is CCC1(CC)CC([N+](C)(C)C)CC(CC)(CC)N1O. The van der Waals surface area contributed by atoms with Gasteiger partial charge in [-0.25, -0.2) is 0 Å². The van der Waals surface area contributed by atoms with E-state index in [1.165, 1.54) is 0 Å². The molecular weight excluding hydrogens is 236 g/mol. The maximum absolute atomic E-state index is 10.9. The van der Waals surface area contributed by atoms with E-state index < -0.39 is 0 Å². The van der Waals surface area contributed by atoms with Gasteiger partial charge in [0.2, 0.25) is 0 Å². The summed E-state index contributed by atoms with van der Waals surface area (Å²) in [5.41, 5.74) is -0.0824. The van der Waals surface area contributed by atoms with Crippen molar-refractivity contribution in [1.82, 2.24) is 5.06 Å². The molecule has 1 fully saturated rings. The summed E-state index contributed by atoms with van der Waals surface area (Å²) in [7, 11) is 6.89. The second kappa shape index (κ2) is 5.71. The van der Waals surface area contributed by atoms with Crippen molar-refractivity contribution in [3.8, 4) is 0 Å². The number of piperidine rings is 1. The molecule has 1 aliphatic rings. The van der Waals surface area contributed by atoms with Crippen molar-refractivity contribution < 1.29 is 9.69 Å². The van der Waals surface area contributed by atoms with E-state index in [0.717, 1.165) is 43.0 Å². The van der Waals surface area contributed by atoms with Crippen molar-refractivity contribution in [3.63, 3.8) is 0 Å². The highest BCUT2D eigenvalue weighted by molar-refractivity contribution is 5.03. The fraction of sp³-hybridized carbons (Fsp3) is 1.00. The van der Waals surface area contributed by atoms with Crippen LogP contribution in [0.25, 0.3) is 0 Å². The molecule has 0 amide bonds. The molecule has 1 rings (SSSR count). The summed E-state index contributed by atoms with van der Waals surface area (Å²) in [6.45, 7) is 8.89. The fourth-order valence-corrected chi connectivity index (χ4v) is 3.85. The third kappa shape index (κ3) is 2.84. The van der Waals surface area contributed by atoms with Gasteiger partial charge < -0.3 is 9.69 Å². The standard InChI is InChI=1S/C16H35N2O/c1-8-15(9-2)12-14(18(5,6)7)13-16(10-3,11-4)17(15)19/h14,19H,8-13H2,1-7H3/q+1. The van der Waals surface area contributed by atoms with Crippen molar-refractivity contribution in [2.75, 3.05) is 21.1 Å². The largest absolute Gasteiger partial charge is 0.328 e. The number of quaternary nitrogens is 1. The summed E-state index contributed by atoms with van der Waals surface area (Å²) >= 11 is 0. The van der Waals surface area contributed by atoms with Gasteiger partial charge in [-0.2, -0.15) is 5.06 Å². The minimum Gasteiger partial charge on any atom is -0.328 e. The van der Waals surface area contributed by atoms with Gasteiger partial charge in [-0.15, -0.1) is 0 Å². The van der Waals surface area contributed by atoms with Crippen LogP contribution in [0.1, 0.15) is 66.2 Å². The molecule has 0 aromatic heterocycles. The third-order valence-electron chi connectivity index (χ3n) is 5.86. The minimum absolute atomic E-state index is 0.0412. The zero-order valence-corrected chi connectivity index (χ0v) is 14.2. The fourth-order valence-electron chi connectivity index (χ4n) is 3.85. The van der Waals surface area contributed by atoms with Gasteiger partial charge in [0.1, 0.15) is 0 Å². The monoisotopic (exact) mass is 271 g/mol. The Labute approximate surface area is 120 Å². The lowest BCUT2D eigenvalue weighted by atomic mass is 9.70. The van der Waals surface area contributed by atoms with Crippen molar-refractivity contribution >= 4 is 0 Å². The van der Waals surface area contributed by atoms with Gasteiger partial charge in [-0.05, 0) is 25.7 Å². The lowest BCUT2D eigenvalue weighted by molar-refractivity contribution is -0.899. The molecule has 0 atom stereocenters. The Kier molecular flexibility index (Phi) is 5.09. The zero-order valence-electron chi connectivity index (χ0n) is 14.2. The van der Waals surface area contributed by atoms with Crippen LogP contribution in [0.15, 0.2) is 0 Å². The first-order valence-electron chi connectivity index (χ1n) is 8.01. The van der Waals surface area contributed by atoms with E-state index in [-0.39, 0.29) is 11.1 Å². The Balaban J connectivity index is 3.22. The van der Waals surface area contributed by atoms with Crippen LogP contribution in [0, 0.1) is 0 Å². The highest BCUT2D eigenvalue weighted by Gasteiger charge is 2.54. The third-order valence-corrected chi connectivity index (χ3v) is 5.86. The first-order valence-corrected chi connectivity index (χ1v) is 8.01. The van der Waals surface area contributed by atoms with E-state index in [4.69, 9.17) is 0 Å². The summed E-state index contributed by atoms with van der Waals surface area (Å²) in [6, 6.07) is 0.628. The molecule has 3 heteroatoms. The van der Waals surface area contributed by atoms with Crippen LogP contribution in [-0.4, -0.2) is 53.0 Å². The molecule has 0 bridgehead atoms. The van der Waals surface area contributed by atoms with E-state index in [1.807, 2.05) is 0 Å². The molecule has 0 unspecified atom stereocenters. The van der Waals surface area contributed by atoms with Crippen LogP contribution in [0.4, 0.5) is 0 Å². The van der Waals surface area contributed by atoms with E-state index in [9.17, 15) is 5.21 Å². The second-order valence-electron chi connectivity index (χ2n) is 7.35. The molecule has 0 radical (unpaired) electrons. The molecule has 1 heterocycles. The molecule has 0 aromatic rings. The molecule has 0 aliphatic carbocycles. The summed E-state index contributed by atoms with van der Waals surface area (Å²) in [5, 5.41) is 12.7. The predicted octanol–water partition coefficient (Wildman–Crippen LogP) is 3.66. The number of nitrogens with zero attached hydrogens (tertiary/aromatic N) is 2. The molecule has 0 saturated carbocycles. The van der Waals surface area contributed by atoms with Crippen LogP contribution in [0.3, 0.4) is 0 Å². The lowest BCUT2D eigenvalue weighted by Crippen LogP contribution is -2.68. The van der Waals surface area contributed by atoms with E-state index in [2.05, 4.69) is 48.8 Å². The van der Waals surface area contributed by atoms with Crippen molar-refractivity contribution in [3.05, 3.63) is 0 Å². The van der Waals surface area contributed by atoms with Crippen LogP contribution >= 0.6 is 0 Å². The molecule has 1 saturated heterocycles. The van der Waals surface area contributed by atoms with Gasteiger partial charge in [0.15, 0.2) is 0 Å². The highest BCUT2D eigenvalue weighted by atomic mass is 16.5. The van der Waals surface area contributed by atoms with Gasteiger partial charge in [0.25, 0.3) is 0 Å². The number of hydrogen-bond acceptors (Lipinski definition) is 2. The first-order chi connectivity index (χ1) is 8.71. The Bertz CT molecular complexity index is 266. The summed E-state index contributed by atoms with van der Waals surface area (Å²) in [4.78, 5) is 0. The quantitative estimate of drug-likeness (QED) is 0.771. The van der Waals surface area contributed by atoms with E-state index >= 15 is 0 Å². The van der Waals surface area contributed by atoms with Crippen LogP contribution in [0.2, 0.25) is 0 Å². The lowest BCUT2D eigenvalue weighted by Gasteiger charge is -2.58. The van der Waals surface area contributed by atoms with Crippen molar-refractivity contribution in [1.29, 1.82) is 0 Å². The van der Waals surface area contributed by atoms with Crippen molar-refractivity contribution in [2.24, 2.45) is 0 Å². The number of rotatable bonds is 5. The minimum atomic E-state index is -0.0412. The molecule has 1 aliphatic heterocycles. The summed E-state index contributed by atoms with van der Waals surface area (Å²) in [5.74, 6) is 0. The number of hydroxylamine groups is 2. The average Bonchev–Trinajstić information content (AvgIpc) is 2.38. The zero-order chi connectivity index (χ0) is 14.9. The maximum atomic E-state index is 10.9. The Morgan fingerprint density at radius 1 is 0.895 bits per heavy atom. The molecule has 19 heavy (non-hydrogen) atoms. The molecule has 1 N–H and O–H groups in total. The molecule has 0 aromatic carbocycles. The predicted molar refractivity (Wildman–Crippen MR) is 81.3 cm³/mol. The topological polar surface area (TPSA) is 23.5 Å². The molecule has 0 spiro atoms. The van der Waals surface area contributed by atoms with Crippen LogP contribution < -0.4 is 0 Å². The van der Waals surface area contributed by atoms with Crippen molar-refractivity contribution in [2.45, 2.75) is 83.3 Å². The van der Waals surface area contributed by atoms with Gasteiger partial charge in [0, 0.05) is 12.8 Å². The van der Waals surface area contributed by atoms with Crippen LogP contribution in [-0.2, 0) is 0 Å². The second-order valence-corrected chi connectivity index (χ2v) is 7.35. The maximum Gasteiger partial charge on any atom is 0.0921 e. The molecule has 3 nitrogen and oxygen atoms in total. The van der Waals surface area contributed by atoms with Gasteiger partial charge in [0.05, 0.1) is 38.3 Å². The van der Waals surface area contributed by atoms with E-state index in [1.54, 1.807) is 5.06 Å². The van der Waals surface area contributed by atoms with Crippen LogP contribution in [0.5, 0.6) is 0 Å². The molecule has 114 valence electrons. The van der Waals surface area contributed by atoms with E-state index in [0.29, 0.717) is 6.04 Å². The Hall–Kier alpha value is -0.120. The summed E-state index contributed by atoms with van der Waals surface area (Å²) < 4.78 is 0.997. The Morgan fingerprint density at radius 2 is 1.21 bits per heavy atom. The summed E-state index contributed by atoms with van der Waals surface area (Å²) in [6.07, 6.45) is 6.30. The number of hydrogen-bond donors (Lipinski definition) is 1. The average molecular weight is 271 g/mol. The van der Waals surface area contributed by atoms with Gasteiger partial charge >= 0.3 is 0 Å². The Morgan fingerprint density at radius 3 is 1.42 bits per heavy atom. The first kappa shape index (κ1) is 16.9. The smallest absolute Gasteiger partial charge is 0.0921 e. The normalized spacial score (nSPS) is 24.6. The highest BCUT2D eigenvalue weighted by Crippen LogP contribution is 2.46. The van der Waals surface area contributed by atoms with Gasteiger partial charge in [-0.3, -0.25) is 0 Å².